The van der Waals surface area contributed by atoms with Crippen LogP contribution in [-0.4, -0.2) is 10.2 Å². The Morgan fingerprint density at radius 2 is 1.79 bits per heavy atom. The van der Waals surface area contributed by atoms with Crippen LogP contribution in [0.1, 0.15) is 16.7 Å². The summed E-state index contributed by atoms with van der Waals surface area (Å²) in [4.78, 5) is 0. The maximum absolute atomic E-state index is 5.82. The van der Waals surface area contributed by atoms with Gasteiger partial charge in [-0.15, -0.1) is 0 Å². The number of hydrogen-bond donors (Lipinski definition) is 2. The average Bonchev–Trinajstić information content (AvgIpc) is 2.54. The van der Waals surface area contributed by atoms with Crippen LogP contribution in [0, 0.1) is 24.3 Å². The van der Waals surface area contributed by atoms with Crippen molar-refractivity contribution in [3.8, 4) is 0 Å². The Labute approximate surface area is 96.2 Å². The minimum absolute atomic E-state index is 0.593. The highest BCUT2D eigenvalue weighted by Gasteiger charge is 2.14. The monoisotopic (exact) mass is 301 g/mol. The van der Waals surface area contributed by atoms with E-state index in [2.05, 4.69) is 53.6 Å². The van der Waals surface area contributed by atoms with Gasteiger partial charge < -0.3 is 5.73 Å². The Morgan fingerprint density at radius 3 is 2.43 bits per heavy atom. The molecule has 0 unspecified atom stereocenters. The lowest BCUT2D eigenvalue weighted by Crippen LogP contribution is -1.94. The summed E-state index contributed by atoms with van der Waals surface area (Å²) in [6.45, 7) is 6.34. The molecule has 1 heterocycles. The SMILES string of the molecule is Cc1c(C)c(I)c2c(N)n[nH]c2c1C. The lowest BCUT2D eigenvalue weighted by atomic mass is 10.0. The number of aromatic nitrogens is 2. The van der Waals surface area contributed by atoms with Crippen LogP contribution in [0.4, 0.5) is 5.82 Å². The molecule has 0 radical (unpaired) electrons. The van der Waals surface area contributed by atoms with Gasteiger partial charge in [-0.2, -0.15) is 5.10 Å². The van der Waals surface area contributed by atoms with Gasteiger partial charge in [0, 0.05) is 3.57 Å². The third-order valence-electron chi connectivity index (χ3n) is 2.84. The molecule has 0 amide bonds. The van der Waals surface area contributed by atoms with Crippen LogP contribution in [0.3, 0.4) is 0 Å². The number of halogens is 1. The van der Waals surface area contributed by atoms with Gasteiger partial charge in [0.1, 0.15) is 0 Å². The van der Waals surface area contributed by atoms with E-state index in [1.165, 1.54) is 20.3 Å². The van der Waals surface area contributed by atoms with Crippen LogP contribution >= 0.6 is 22.6 Å². The summed E-state index contributed by atoms with van der Waals surface area (Å²) in [6, 6.07) is 0. The van der Waals surface area contributed by atoms with Crippen LogP contribution in [-0.2, 0) is 0 Å². The highest BCUT2D eigenvalue weighted by Crippen LogP contribution is 2.32. The second-order valence-corrected chi connectivity index (χ2v) is 4.63. The molecular weight excluding hydrogens is 289 g/mol. The first-order chi connectivity index (χ1) is 6.54. The number of rotatable bonds is 0. The Balaban J connectivity index is 3.05. The maximum atomic E-state index is 5.82. The molecule has 0 saturated carbocycles. The molecule has 0 bridgehead atoms. The van der Waals surface area contributed by atoms with E-state index in [0.29, 0.717) is 5.82 Å². The van der Waals surface area contributed by atoms with Crippen molar-refractivity contribution in [3.05, 3.63) is 20.3 Å². The fourth-order valence-electron chi connectivity index (χ4n) is 1.67. The summed E-state index contributed by atoms with van der Waals surface area (Å²) in [5, 5.41) is 8.09. The molecule has 2 rings (SSSR count). The predicted molar refractivity (Wildman–Crippen MR) is 67.4 cm³/mol. The zero-order valence-corrected chi connectivity index (χ0v) is 10.6. The number of fused-ring (bicyclic) bond motifs is 1. The van der Waals surface area contributed by atoms with Gasteiger partial charge in [0.15, 0.2) is 5.82 Å². The molecule has 0 aliphatic carbocycles. The molecule has 0 spiro atoms. The Bertz CT molecular complexity index is 514. The van der Waals surface area contributed by atoms with Crippen molar-refractivity contribution in [2.45, 2.75) is 20.8 Å². The average molecular weight is 301 g/mol. The van der Waals surface area contributed by atoms with Gasteiger partial charge in [-0.1, -0.05) is 0 Å². The number of aromatic amines is 1. The topological polar surface area (TPSA) is 54.7 Å². The van der Waals surface area contributed by atoms with Crippen molar-refractivity contribution in [3.63, 3.8) is 0 Å². The molecule has 1 aromatic heterocycles. The largest absolute Gasteiger partial charge is 0.382 e. The quantitative estimate of drug-likeness (QED) is 0.735. The minimum Gasteiger partial charge on any atom is -0.382 e. The molecule has 0 aliphatic rings. The van der Waals surface area contributed by atoms with Crippen molar-refractivity contribution >= 4 is 39.3 Å². The van der Waals surface area contributed by atoms with Crippen LogP contribution in [0.15, 0.2) is 0 Å². The first-order valence-corrected chi connectivity index (χ1v) is 5.50. The standard InChI is InChI=1S/C10H12IN3/c1-4-5(2)8(11)7-9(6(4)3)13-14-10(7)12/h1-3H3,(H3,12,13,14). The van der Waals surface area contributed by atoms with E-state index in [1.54, 1.807) is 0 Å². The molecule has 2 aromatic rings. The zero-order valence-electron chi connectivity index (χ0n) is 8.40. The van der Waals surface area contributed by atoms with E-state index in [-0.39, 0.29) is 0 Å². The lowest BCUT2D eigenvalue weighted by Gasteiger charge is -2.08. The molecule has 0 atom stereocenters. The first kappa shape index (κ1) is 9.76. The predicted octanol–water partition coefficient (Wildman–Crippen LogP) is 2.67. The highest BCUT2D eigenvalue weighted by molar-refractivity contribution is 14.1. The summed E-state index contributed by atoms with van der Waals surface area (Å²) in [6.07, 6.45) is 0. The fraction of sp³-hybridized carbons (Fsp3) is 0.300. The molecule has 3 N–H and O–H groups in total. The molecule has 74 valence electrons. The van der Waals surface area contributed by atoms with Gasteiger partial charge in [-0.05, 0) is 60.1 Å². The smallest absolute Gasteiger partial charge is 0.154 e. The minimum atomic E-state index is 0.593. The van der Waals surface area contributed by atoms with Gasteiger partial charge in [0.2, 0.25) is 0 Å². The van der Waals surface area contributed by atoms with E-state index in [0.717, 1.165) is 10.9 Å². The van der Waals surface area contributed by atoms with Crippen LogP contribution in [0.2, 0.25) is 0 Å². The number of H-pyrrole nitrogens is 1. The van der Waals surface area contributed by atoms with E-state index >= 15 is 0 Å². The number of nitrogens with one attached hydrogen (secondary N) is 1. The van der Waals surface area contributed by atoms with Gasteiger partial charge in [0.25, 0.3) is 0 Å². The molecular formula is C10H12IN3. The van der Waals surface area contributed by atoms with Crippen LogP contribution < -0.4 is 5.73 Å². The van der Waals surface area contributed by atoms with Crippen LogP contribution in [0.5, 0.6) is 0 Å². The maximum Gasteiger partial charge on any atom is 0.154 e. The number of aryl methyl sites for hydroxylation is 1. The van der Waals surface area contributed by atoms with Crippen LogP contribution in [0.25, 0.3) is 10.9 Å². The van der Waals surface area contributed by atoms with Gasteiger partial charge in [-0.3, -0.25) is 5.10 Å². The third kappa shape index (κ3) is 1.13. The Kier molecular flexibility index (Phi) is 2.17. The summed E-state index contributed by atoms with van der Waals surface area (Å²) in [5.74, 6) is 0.593. The number of nitrogen functional groups attached to an aromatic ring is 1. The third-order valence-corrected chi connectivity index (χ3v) is 4.19. The molecule has 1 aromatic carbocycles. The molecule has 0 aliphatic heterocycles. The van der Waals surface area contributed by atoms with Gasteiger partial charge >= 0.3 is 0 Å². The van der Waals surface area contributed by atoms with Crippen molar-refractivity contribution in [2.75, 3.05) is 5.73 Å². The summed E-state index contributed by atoms with van der Waals surface area (Å²) in [5.41, 5.74) is 10.7. The summed E-state index contributed by atoms with van der Waals surface area (Å²) >= 11 is 2.33. The first-order valence-electron chi connectivity index (χ1n) is 4.42. The van der Waals surface area contributed by atoms with E-state index in [9.17, 15) is 0 Å². The van der Waals surface area contributed by atoms with E-state index in [1.807, 2.05) is 0 Å². The molecule has 3 nitrogen and oxygen atoms in total. The Hall–Kier alpha value is -0.780. The summed E-state index contributed by atoms with van der Waals surface area (Å²) < 4.78 is 1.20. The Morgan fingerprint density at radius 1 is 1.14 bits per heavy atom. The van der Waals surface area contributed by atoms with Crippen molar-refractivity contribution in [2.24, 2.45) is 0 Å². The van der Waals surface area contributed by atoms with E-state index < -0.39 is 0 Å². The normalized spacial score (nSPS) is 11.1. The fourth-order valence-corrected chi connectivity index (χ4v) is 2.62. The molecule has 0 fully saturated rings. The summed E-state index contributed by atoms with van der Waals surface area (Å²) in [7, 11) is 0. The highest BCUT2D eigenvalue weighted by atomic mass is 127. The molecule has 14 heavy (non-hydrogen) atoms. The second-order valence-electron chi connectivity index (χ2n) is 3.55. The number of nitrogens with zero attached hydrogens (tertiary/aromatic N) is 1. The van der Waals surface area contributed by atoms with E-state index in [4.69, 9.17) is 5.73 Å². The van der Waals surface area contributed by atoms with Gasteiger partial charge in [-0.25, -0.2) is 0 Å². The number of nitrogens with two attached hydrogens (primary N) is 1. The van der Waals surface area contributed by atoms with Crippen molar-refractivity contribution in [1.29, 1.82) is 0 Å². The second kappa shape index (κ2) is 3.12. The van der Waals surface area contributed by atoms with Crippen molar-refractivity contribution in [1.82, 2.24) is 10.2 Å². The molecule has 4 heteroatoms. The van der Waals surface area contributed by atoms with Crippen molar-refractivity contribution < 1.29 is 0 Å². The number of anilines is 1. The number of hydrogen-bond acceptors (Lipinski definition) is 2. The zero-order chi connectivity index (χ0) is 10.5. The molecule has 0 saturated heterocycles. The van der Waals surface area contributed by atoms with Gasteiger partial charge in [0.05, 0.1) is 10.9 Å². The number of benzene rings is 1. The lowest BCUT2D eigenvalue weighted by molar-refractivity contribution is 1.12.